The molecule has 0 amide bonds. The van der Waals surface area contributed by atoms with E-state index < -0.39 is 5.97 Å². The number of benzene rings is 1. The third-order valence-electron chi connectivity index (χ3n) is 2.01. The van der Waals surface area contributed by atoms with Crippen molar-refractivity contribution in [2.45, 2.75) is 6.92 Å². The Bertz CT molecular complexity index is 423. The molecule has 0 aliphatic carbocycles. The average Bonchev–Trinajstić information content (AvgIpc) is 2.36. The van der Waals surface area contributed by atoms with Gasteiger partial charge in [-0.25, -0.2) is 4.79 Å². The molecular weight excluding hydrogens is 220 g/mol. The van der Waals surface area contributed by atoms with Gasteiger partial charge >= 0.3 is 5.97 Å². The molecule has 1 aromatic carbocycles. The summed E-state index contributed by atoms with van der Waals surface area (Å²) < 4.78 is 10.1. The van der Waals surface area contributed by atoms with Crippen molar-refractivity contribution in [3.63, 3.8) is 0 Å². The molecule has 17 heavy (non-hydrogen) atoms. The molecular formula is C13H14O4. The van der Waals surface area contributed by atoms with E-state index in [4.69, 9.17) is 9.47 Å². The van der Waals surface area contributed by atoms with Gasteiger partial charge in [-0.1, -0.05) is 18.7 Å². The maximum Gasteiger partial charge on any atom is 0.336 e. The largest absolute Gasteiger partial charge is 0.488 e. The van der Waals surface area contributed by atoms with E-state index in [1.54, 1.807) is 31.2 Å². The van der Waals surface area contributed by atoms with E-state index in [2.05, 4.69) is 6.58 Å². The van der Waals surface area contributed by atoms with Crippen LogP contribution in [0.25, 0.3) is 0 Å². The lowest BCUT2D eigenvalue weighted by Gasteiger charge is -2.09. The summed E-state index contributed by atoms with van der Waals surface area (Å²) in [4.78, 5) is 22.0. The molecule has 0 heterocycles. The summed E-state index contributed by atoms with van der Waals surface area (Å²) in [6.45, 7) is 5.57. The molecule has 0 bridgehead atoms. The van der Waals surface area contributed by atoms with Crippen LogP contribution in [-0.2, 0) is 9.53 Å². The molecule has 0 aromatic heterocycles. The van der Waals surface area contributed by atoms with Crippen molar-refractivity contribution in [2.24, 2.45) is 0 Å². The van der Waals surface area contributed by atoms with E-state index in [0.717, 1.165) is 0 Å². The highest BCUT2D eigenvalue weighted by Gasteiger charge is 2.09. The van der Waals surface area contributed by atoms with Crippen LogP contribution in [0.3, 0.4) is 0 Å². The van der Waals surface area contributed by atoms with Gasteiger partial charge in [0.15, 0.2) is 6.29 Å². The summed E-state index contributed by atoms with van der Waals surface area (Å²) in [5.41, 5.74) is 0.650. The van der Waals surface area contributed by atoms with Crippen LogP contribution in [0.2, 0.25) is 0 Å². The zero-order valence-electron chi connectivity index (χ0n) is 9.64. The van der Waals surface area contributed by atoms with Crippen molar-refractivity contribution < 1.29 is 19.1 Å². The van der Waals surface area contributed by atoms with E-state index >= 15 is 0 Å². The van der Waals surface area contributed by atoms with Gasteiger partial charge in [-0.15, -0.1) is 0 Å². The van der Waals surface area contributed by atoms with Crippen LogP contribution in [-0.4, -0.2) is 25.5 Å². The minimum atomic E-state index is -0.490. The predicted molar refractivity (Wildman–Crippen MR) is 63.1 cm³/mol. The summed E-state index contributed by atoms with van der Waals surface area (Å²) in [5, 5.41) is 0. The molecule has 1 aromatic rings. The van der Waals surface area contributed by atoms with Gasteiger partial charge in [-0.05, 0) is 19.1 Å². The quantitative estimate of drug-likeness (QED) is 0.429. The fourth-order valence-electron chi connectivity index (χ4n) is 1.17. The molecule has 0 fully saturated rings. The Labute approximate surface area is 99.8 Å². The van der Waals surface area contributed by atoms with Gasteiger partial charge in [-0.2, -0.15) is 0 Å². The van der Waals surface area contributed by atoms with Gasteiger partial charge < -0.3 is 9.47 Å². The van der Waals surface area contributed by atoms with Crippen LogP contribution in [0.4, 0.5) is 0 Å². The minimum absolute atomic E-state index is 0.00366. The van der Waals surface area contributed by atoms with Crippen LogP contribution < -0.4 is 4.74 Å². The van der Waals surface area contributed by atoms with Gasteiger partial charge in [-0.3, -0.25) is 4.79 Å². The Hall–Kier alpha value is -2.10. The Balaban J connectivity index is 2.58. The Morgan fingerprint density at radius 1 is 1.41 bits per heavy atom. The molecule has 90 valence electrons. The summed E-state index contributed by atoms with van der Waals surface area (Å²) >= 11 is 0. The molecule has 1 rings (SSSR count). The molecule has 0 radical (unpaired) electrons. The van der Waals surface area contributed by atoms with Crippen LogP contribution >= 0.6 is 0 Å². The van der Waals surface area contributed by atoms with Crippen LogP contribution in [0.1, 0.15) is 17.3 Å². The zero-order valence-corrected chi connectivity index (χ0v) is 9.64. The first-order valence-electron chi connectivity index (χ1n) is 5.21. The number of carbonyl (C=O) groups excluding carboxylic acids is 2. The number of aldehydes is 1. The minimum Gasteiger partial charge on any atom is -0.488 e. The number of rotatable bonds is 6. The molecule has 0 saturated heterocycles. The smallest absolute Gasteiger partial charge is 0.336 e. The van der Waals surface area contributed by atoms with Crippen LogP contribution in [0.15, 0.2) is 36.4 Å². The molecule has 0 saturated carbocycles. The molecule has 4 nitrogen and oxygen atoms in total. The molecule has 0 N–H and O–H groups in total. The lowest BCUT2D eigenvalue weighted by molar-refractivity contribution is -0.138. The second-order valence-corrected chi connectivity index (χ2v) is 3.27. The second kappa shape index (κ2) is 6.48. The fourth-order valence-corrected chi connectivity index (χ4v) is 1.17. The summed E-state index contributed by atoms with van der Waals surface area (Å²) in [6.07, 6.45) is 0.697. The monoisotopic (exact) mass is 234 g/mol. The SMILES string of the molecule is C=C(COc1ccccc1C=O)C(=O)OCC. The first-order chi connectivity index (χ1) is 8.19. The van der Waals surface area contributed by atoms with Gasteiger partial charge in [0.05, 0.1) is 17.7 Å². The van der Waals surface area contributed by atoms with E-state index in [0.29, 0.717) is 24.2 Å². The summed E-state index contributed by atoms with van der Waals surface area (Å²) in [5.74, 6) is -0.0657. The van der Waals surface area contributed by atoms with Crippen LogP contribution in [0.5, 0.6) is 5.75 Å². The fraction of sp³-hybridized carbons (Fsp3) is 0.231. The third-order valence-corrected chi connectivity index (χ3v) is 2.01. The first-order valence-corrected chi connectivity index (χ1v) is 5.21. The Morgan fingerprint density at radius 3 is 2.76 bits per heavy atom. The Kier molecular flexibility index (Phi) is 4.94. The number of esters is 1. The van der Waals surface area contributed by atoms with Gasteiger partial charge in [0.2, 0.25) is 0 Å². The molecule has 4 heteroatoms. The van der Waals surface area contributed by atoms with Gasteiger partial charge in [0, 0.05) is 0 Å². The lowest BCUT2D eigenvalue weighted by Crippen LogP contribution is -2.13. The van der Waals surface area contributed by atoms with Crippen molar-refractivity contribution >= 4 is 12.3 Å². The molecule has 0 aliphatic heterocycles. The summed E-state index contributed by atoms with van der Waals surface area (Å²) in [6, 6.07) is 6.77. The topological polar surface area (TPSA) is 52.6 Å². The van der Waals surface area contributed by atoms with Gasteiger partial charge in [0.1, 0.15) is 12.4 Å². The summed E-state index contributed by atoms with van der Waals surface area (Å²) in [7, 11) is 0. The molecule has 0 unspecified atom stereocenters. The highest BCUT2D eigenvalue weighted by Crippen LogP contribution is 2.16. The van der Waals surface area contributed by atoms with Crippen molar-refractivity contribution in [1.29, 1.82) is 0 Å². The predicted octanol–water partition coefficient (Wildman–Crippen LogP) is 2.00. The van der Waals surface area contributed by atoms with E-state index in [1.807, 2.05) is 0 Å². The second-order valence-electron chi connectivity index (χ2n) is 3.27. The first kappa shape index (κ1) is 13.0. The van der Waals surface area contributed by atoms with Crippen molar-refractivity contribution in [3.8, 4) is 5.75 Å². The van der Waals surface area contributed by atoms with Crippen molar-refractivity contribution in [1.82, 2.24) is 0 Å². The third kappa shape index (κ3) is 3.75. The van der Waals surface area contributed by atoms with E-state index in [1.165, 1.54) is 0 Å². The number of ether oxygens (including phenoxy) is 2. The number of carbonyl (C=O) groups is 2. The normalized spacial score (nSPS) is 9.47. The van der Waals surface area contributed by atoms with Crippen molar-refractivity contribution in [2.75, 3.05) is 13.2 Å². The number of hydrogen-bond donors (Lipinski definition) is 0. The highest BCUT2D eigenvalue weighted by atomic mass is 16.5. The maximum atomic E-state index is 11.2. The molecule has 0 atom stereocenters. The zero-order chi connectivity index (χ0) is 12.7. The van der Waals surface area contributed by atoms with Crippen molar-refractivity contribution in [3.05, 3.63) is 42.0 Å². The lowest BCUT2D eigenvalue weighted by atomic mass is 10.2. The van der Waals surface area contributed by atoms with E-state index in [-0.39, 0.29) is 12.2 Å². The highest BCUT2D eigenvalue weighted by molar-refractivity contribution is 5.88. The Morgan fingerprint density at radius 2 is 2.12 bits per heavy atom. The maximum absolute atomic E-state index is 11.2. The van der Waals surface area contributed by atoms with E-state index in [9.17, 15) is 9.59 Å². The van der Waals surface area contributed by atoms with Gasteiger partial charge in [0.25, 0.3) is 0 Å². The standard InChI is InChI=1S/C13H14O4/c1-3-16-13(15)10(2)9-17-12-7-5-4-6-11(12)8-14/h4-8H,2-3,9H2,1H3. The number of para-hydroxylation sites is 1. The van der Waals surface area contributed by atoms with Crippen LogP contribution in [0, 0.1) is 0 Å². The molecule has 0 aliphatic rings. The molecule has 0 spiro atoms. The average molecular weight is 234 g/mol. The number of hydrogen-bond acceptors (Lipinski definition) is 4.